The van der Waals surface area contributed by atoms with E-state index in [9.17, 15) is 0 Å². The highest BCUT2D eigenvalue weighted by Gasteiger charge is 2.22. The first-order valence-corrected chi connectivity index (χ1v) is 5.98. The van der Waals surface area contributed by atoms with Crippen LogP contribution in [0.3, 0.4) is 0 Å². The maximum Gasteiger partial charge on any atom is 0.112 e. The second kappa shape index (κ2) is 4.03. The Kier molecular flexibility index (Phi) is 2.93. The molecule has 4 heteroatoms. The summed E-state index contributed by atoms with van der Waals surface area (Å²) in [5, 5.41) is 0. The largest absolute Gasteiger partial charge is 0.330 e. The number of hydrogen-bond donors (Lipinski definition) is 1. The zero-order valence-corrected chi connectivity index (χ0v) is 10.0. The molecule has 3 nitrogen and oxygen atoms in total. The Hall–Kier alpha value is -0.350. The van der Waals surface area contributed by atoms with Crippen molar-refractivity contribution in [2.24, 2.45) is 5.73 Å². The Morgan fingerprint density at radius 1 is 1.64 bits per heavy atom. The summed E-state index contributed by atoms with van der Waals surface area (Å²) in [7, 11) is 0. The molecule has 14 heavy (non-hydrogen) atoms. The van der Waals surface area contributed by atoms with Crippen LogP contribution in [0.5, 0.6) is 0 Å². The molecule has 0 amide bonds. The van der Waals surface area contributed by atoms with E-state index in [1.165, 1.54) is 18.7 Å². The van der Waals surface area contributed by atoms with Crippen LogP contribution in [0.15, 0.2) is 4.60 Å². The Morgan fingerprint density at radius 3 is 3.07 bits per heavy atom. The van der Waals surface area contributed by atoms with Crippen LogP contribution < -0.4 is 5.73 Å². The van der Waals surface area contributed by atoms with Crippen molar-refractivity contribution in [3.05, 3.63) is 16.1 Å². The van der Waals surface area contributed by atoms with Gasteiger partial charge in [0.05, 0.1) is 5.69 Å². The van der Waals surface area contributed by atoms with Gasteiger partial charge in [-0.05, 0) is 35.3 Å². The van der Waals surface area contributed by atoms with Gasteiger partial charge in [0.15, 0.2) is 0 Å². The molecule has 1 aromatic rings. The molecule has 0 saturated heterocycles. The second-order valence-corrected chi connectivity index (χ2v) is 4.69. The molecule has 2 heterocycles. The zero-order chi connectivity index (χ0) is 10.1. The van der Waals surface area contributed by atoms with Gasteiger partial charge < -0.3 is 10.3 Å². The topological polar surface area (TPSA) is 43.8 Å². The van der Waals surface area contributed by atoms with E-state index in [1.807, 2.05) is 0 Å². The van der Waals surface area contributed by atoms with Crippen molar-refractivity contribution < 1.29 is 0 Å². The predicted molar refractivity (Wildman–Crippen MR) is 60.3 cm³/mol. The average molecular weight is 258 g/mol. The van der Waals surface area contributed by atoms with Crippen molar-refractivity contribution in [3.63, 3.8) is 0 Å². The molecule has 0 aromatic carbocycles. The molecule has 0 bridgehead atoms. The molecule has 78 valence electrons. The molecule has 0 aliphatic carbocycles. The van der Waals surface area contributed by atoms with Gasteiger partial charge in [-0.15, -0.1) is 0 Å². The minimum atomic E-state index is 0.589. The fourth-order valence-electron chi connectivity index (χ4n) is 2.07. The molecular formula is C10H16BrN3. The standard InChI is InChI=1S/C10H16BrN3/c1-7-3-2-6-14-9(11)8(4-5-12)13-10(7)14/h7H,2-6,12H2,1H3. The van der Waals surface area contributed by atoms with E-state index < -0.39 is 0 Å². The number of nitrogens with two attached hydrogens (primary N) is 1. The zero-order valence-electron chi connectivity index (χ0n) is 8.46. The fraction of sp³-hybridized carbons (Fsp3) is 0.700. The van der Waals surface area contributed by atoms with Crippen LogP contribution in [0.1, 0.15) is 37.2 Å². The Labute approximate surface area is 92.8 Å². The highest BCUT2D eigenvalue weighted by Crippen LogP contribution is 2.31. The number of imidazole rings is 1. The lowest BCUT2D eigenvalue weighted by Gasteiger charge is -2.20. The maximum atomic E-state index is 5.55. The van der Waals surface area contributed by atoms with Crippen LogP contribution in [0.25, 0.3) is 0 Å². The molecular weight excluding hydrogens is 242 g/mol. The smallest absolute Gasteiger partial charge is 0.112 e. The molecule has 1 aliphatic heterocycles. The molecule has 1 unspecified atom stereocenters. The molecule has 1 aliphatic rings. The Morgan fingerprint density at radius 2 is 2.43 bits per heavy atom. The predicted octanol–water partition coefficient (Wildman–Crippen LogP) is 2.04. The summed E-state index contributed by atoms with van der Waals surface area (Å²) in [6.45, 7) is 4.01. The van der Waals surface area contributed by atoms with Gasteiger partial charge in [-0.25, -0.2) is 4.98 Å². The van der Waals surface area contributed by atoms with Gasteiger partial charge in [0.1, 0.15) is 10.4 Å². The van der Waals surface area contributed by atoms with Crippen LogP contribution in [0.4, 0.5) is 0 Å². The van der Waals surface area contributed by atoms with Gasteiger partial charge in [-0.2, -0.15) is 0 Å². The molecule has 0 fully saturated rings. The molecule has 2 rings (SSSR count). The first-order chi connectivity index (χ1) is 6.74. The van der Waals surface area contributed by atoms with Crippen LogP contribution in [-0.2, 0) is 13.0 Å². The first kappa shape index (κ1) is 10.2. The van der Waals surface area contributed by atoms with Gasteiger partial charge >= 0.3 is 0 Å². The quantitative estimate of drug-likeness (QED) is 0.882. The fourth-order valence-corrected chi connectivity index (χ4v) is 2.72. The highest BCUT2D eigenvalue weighted by molar-refractivity contribution is 9.10. The molecule has 1 atom stereocenters. The van der Waals surface area contributed by atoms with Crippen LogP contribution in [0, 0.1) is 0 Å². The third-order valence-electron chi connectivity index (χ3n) is 2.84. The summed E-state index contributed by atoms with van der Waals surface area (Å²) in [6, 6.07) is 0. The number of aromatic nitrogens is 2. The van der Waals surface area contributed by atoms with Crippen molar-refractivity contribution in [1.29, 1.82) is 0 Å². The Bertz CT molecular complexity index is 332. The summed E-state index contributed by atoms with van der Waals surface area (Å²) >= 11 is 3.61. The summed E-state index contributed by atoms with van der Waals surface area (Å²) in [4.78, 5) is 4.66. The van der Waals surface area contributed by atoms with Gasteiger partial charge in [-0.1, -0.05) is 6.92 Å². The number of halogens is 1. The SMILES string of the molecule is CC1CCCn2c1nc(CCN)c2Br. The monoisotopic (exact) mass is 257 g/mol. The number of nitrogens with zero attached hydrogens (tertiary/aromatic N) is 2. The van der Waals surface area contributed by atoms with E-state index in [0.29, 0.717) is 12.5 Å². The summed E-state index contributed by atoms with van der Waals surface area (Å²) in [5.41, 5.74) is 6.67. The normalized spacial score (nSPS) is 20.9. The number of fused-ring (bicyclic) bond motifs is 1. The van der Waals surface area contributed by atoms with Crippen molar-refractivity contribution in [3.8, 4) is 0 Å². The van der Waals surface area contributed by atoms with Crippen LogP contribution in [0.2, 0.25) is 0 Å². The molecule has 2 N–H and O–H groups in total. The lowest BCUT2D eigenvalue weighted by molar-refractivity contribution is 0.459. The van der Waals surface area contributed by atoms with E-state index in [0.717, 1.165) is 23.3 Å². The van der Waals surface area contributed by atoms with Gasteiger partial charge in [-0.3, -0.25) is 0 Å². The third kappa shape index (κ3) is 1.61. The first-order valence-electron chi connectivity index (χ1n) is 5.19. The van der Waals surface area contributed by atoms with Crippen molar-refractivity contribution >= 4 is 15.9 Å². The van der Waals surface area contributed by atoms with E-state index in [1.54, 1.807) is 0 Å². The number of rotatable bonds is 2. The molecule has 0 radical (unpaired) electrons. The molecule has 1 aromatic heterocycles. The van der Waals surface area contributed by atoms with Crippen molar-refractivity contribution in [1.82, 2.24) is 9.55 Å². The van der Waals surface area contributed by atoms with E-state index in [-0.39, 0.29) is 0 Å². The van der Waals surface area contributed by atoms with Crippen molar-refractivity contribution in [2.45, 2.75) is 38.6 Å². The summed E-state index contributed by atoms with van der Waals surface area (Å²) in [5.74, 6) is 1.82. The third-order valence-corrected chi connectivity index (χ3v) is 3.73. The Balaban J connectivity index is 2.38. The lowest BCUT2D eigenvalue weighted by atomic mass is 10.0. The van der Waals surface area contributed by atoms with E-state index >= 15 is 0 Å². The molecule has 0 saturated carbocycles. The lowest BCUT2D eigenvalue weighted by Crippen LogP contribution is -2.13. The van der Waals surface area contributed by atoms with E-state index in [2.05, 4.69) is 32.4 Å². The summed E-state index contributed by atoms with van der Waals surface area (Å²) in [6.07, 6.45) is 3.38. The van der Waals surface area contributed by atoms with E-state index in [4.69, 9.17) is 5.73 Å². The van der Waals surface area contributed by atoms with Gasteiger partial charge in [0.25, 0.3) is 0 Å². The van der Waals surface area contributed by atoms with Crippen LogP contribution in [-0.4, -0.2) is 16.1 Å². The minimum absolute atomic E-state index is 0.589. The minimum Gasteiger partial charge on any atom is -0.330 e. The number of hydrogen-bond acceptors (Lipinski definition) is 2. The van der Waals surface area contributed by atoms with Crippen molar-refractivity contribution in [2.75, 3.05) is 6.54 Å². The molecule has 0 spiro atoms. The van der Waals surface area contributed by atoms with Gasteiger partial charge in [0.2, 0.25) is 0 Å². The summed E-state index contributed by atoms with van der Waals surface area (Å²) < 4.78 is 3.43. The van der Waals surface area contributed by atoms with Crippen LogP contribution >= 0.6 is 15.9 Å². The maximum absolute atomic E-state index is 5.55. The van der Waals surface area contributed by atoms with Gasteiger partial charge in [0, 0.05) is 18.9 Å². The average Bonchev–Trinajstić information content (AvgIpc) is 2.48. The second-order valence-electron chi connectivity index (χ2n) is 3.94. The highest BCUT2D eigenvalue weighted by atomic mass is 79.9.